The summed E-state index contributed by atoms with van der Waals surface area (Å²) in [4.78, 5) is 21.5. The van der Waals surface area contributed by atoms with E-state index in [9.17, 15) is 23.5 Å². The highest BCUT2D eigenvalue weighted by Crippen LogP contribution is 2.56. The Bertz CT molecular complexity index is 581. The van der Waals surface area contributed by atoms with Crippen LogP contribution in [0.4, 0.5) is 8.78 Å². The van der Waals surface area contributed by atoms with Gasteiger partial charge in [0.1, 0.15) is 5.78 Å². The van der Waals surface area contributed by atoms with Crippen molar-refractivity contribution in [2.45, 2.75) is 87.2 Å². The van der Waals surface area contributed by atoms with Gasteiger partial charge < -0.3 is 9.84 Å². The Labute approximate surface area is 170 Å². The maximum absolute atomic E-state index is 14.5. The number of ether oxygens (including phenoxy) is 1. The van der Waals surface area contributed by atoms with Gasteiger partial charge in [-0.3, -0.25) is 9.59 Å². The number of ketones is 1. The fraction of sp³-hybridized carbons (Fsp3) is 0.810. The molecule has 1 heterocycles. The zero-order valence-corrected chi connectivity index (χ0v) is 17.6. The molecule has 0 amide bonds. The zero-order valence-electron chi connectivity index (χ0n) is 16.8. The van der Waals surface area contributed by atoms with E-state index in [1.165, 1.54) is 7.11 Å². The number of carbonyl (C=O) groups excluding carboxylic acids is 2. The summed E-state index contributed by atoms with van der Waals surface area (Å²) < 4.78 is 33.7. The summed E-state index contributed by atoms with van der Waals surface area (Å²) in [5.74, 6) is -3.34. The number of Topliss-reactive ketones (excluding diaryl/α,β-unsaturated/α-hetero) is 1. The standard InChI is InChI=1S/C21H32F2O4S/c1-3-4-12-20(22,23)21(26)13-11-16-15(17(24)14-18(16)28-21)9-7-5-6-8-10-19(25)27-2/h5,7,15-16,18,26H,3-4,6,8-14H2,1-2H3/t15?,16-,18-,21?/m1/s1. The number of rotatable bonds is 10. The molecule has 0 aromatic heterocycles. The topological polar surface area (TPSA) is 63.6 Å². The number of fused-ring (bicyclic) bond motifs is 1. The largest absolute Gasteiger partial charge is 0.469 e. The maximum Gasteiger partial charge on any atom is 0.305 e. The average Bonchev–Trinajstić information content (AvgIpc) is 2.96. The molecule has 2 aliphatic rings. The molecule has 0 bridgehead atoms. The Balaban J connectivity index is 1.87. The summed E-state index contributed by atoms with van der Waals surface area (Å²) in [6.07, 6.45) is 7.83. The van der Waals surface area contributed by atoms with Crippen molar-refractivity contribution >= 4 is 23.5 Å². The van der Waals surface area contributed by atoms with Gasteiger partial charge >= 0.3 is 5.97 Å². The molecular formula is C21H32F2O4S. The summed E-state index contributed by atoms with van der Waals surface area (Å²) in [7, 11) is 1.36. The number of aliphatic hydroxyl groups is 1. The molecule has 0 spiro atoms. The van der Waals surface area contributed by atoms with Crippen molar-refractivity contribution in [3.63, 3.8) is 0 Å². The molecule has 0 aromatic rings. The normalized spacial score (nSPS) is 30.6. The monoisotopic (exact) mass is 418 g/mol. The molecule has 7 heteroatoms. The first kappa shape index (κ1) is 23.3. The first-order chi connectivity index (χ1) is 13.2. The molecule has 1 N–H and O–H groups in total. The van der Waals surface area contributed by atoms with E-state index in [1.54, 1.807) is 0 Å². The number of halogens is 2. The van der Waals surface area contributed by atoms with Gasteiger partial charge in [-0.25, -0.2) is 8.78 Å². The molecular weight excluding hydrogens is 386 g/mol. The second kappa shape index (κ2) is 10.2. The molecule has 2 rings (SSSR count). The Morgan fingerprint density at radius 3 is 2.82 bits per heavy atom. The molecule has 1 aliphatic carbocycles. The van der Waals surface area contributed by atoms with Crippen LogP contribution in [0.1, 0.15) is 71.1 Å². The fourth-order valence-electron chi connectivity index (χ4n) is 4.18. The van der Waals surface area contributed by atoms with Gasteiger partial charge in [-0.2, -0.15) is 0 Å². The van der Waals surface area contributed by atoms with Crippen LogP contribution in [0.3, 0.4) is 0 Å². The third-order valence-electron chi connectivity index (χ3n) is 5.93. The van der Waals surface area contributed by atoms with Crippen LogP contribution >= 0.6 is 11.8 Å². The summed E-state index contributed by atoms with van der Waals surface area (Å²) in [5, 5.41) is 10.4. The highest BCUT2D eigenvalue weighted by atomic mass is 32.2. The smallest absolute Gasteiger partial charge is 0.305 e. The van der Waals surface area contributed by atoms with Crippen molar-refractivity contribution < 1.29 is 28.2 Å². The molecule has 0 radical (unpaired) electrons. The second-order valence-electron chi connectivity index (χ2n) is 7.90. The number of hydrogen-bond acceptors (Lipinski definition) is 5. The van der Waals surface area contributed by atoms with Crippen molar-refractivity contribution in [1.82, 2.24) is 0 Å². The quantitative estimate of drug-likeness (QED) is 0.311. The van der Waals surface area contributed by atoms with E-state index in [1.807, 2.05) is 19.1 Å². The number of thioether (sulfide) groups is 1. The van der Waals surface area contributed by atoms with E-state index in [4.69, 9.17) is 0 Å². The summed E-state index contributed by atoms with van der Waals surface area (Å²) in [6, 6.07) is 0. The van der Waals surface area contributed by atoms with Crippen LogP contribution in [-0.2, 0) is 14.3 Å². The predicted octanol–water partition coefficient (Wildman–Crippen LogP) is 4.89. The van der Waals surface area contributed by atoms with E-state index in [0.717, 1.165) is 18.2 Å². The molecule has 1 aliphatic heterocycles. The molecule has 1 saturated heterocycles. The number of hydrogen-bond donors (Lipinski definition) is 1. The van der Waals surface area contributed by atoms with Crippen LogP contribution in [0.5, 0.6) is 0 Å². The number of allylic oxidation sites excluding steroid dienone is 2. The van der Waals surface area contributed by atoms with Crippen molar-refractivity contribution in [2.75, 3.05) is 7.11 Å². The molecule has 2 fully saturated rings. The SMILES string of the molecule is CCCCC(F)(F)C1(O)CC[C@@H]2C(CC=CCCCC(=O)OC)C(=O)C[C@H]2S1. The minimum absolute atomic E-state index is 0.0299. The van der Waals surface area contributed by atoms with Crippen molar-refractivity contribution in [3.05, 3.63) is 12.2 Å². The molecule has 4 nitrogen and oxygen atoms in total. The minimum atomic E-state index is -3.13. The Morgan fingerprint density at radius 1 is 1.39 bits per heavy atom. The number of alkyl halides is 2. The Kier molecular flexibility index (Phi) is 8.49. The lowest BCUT2D eigenvalue weighted by Gasteiger charge is -2.43. The van der Waals surface area contributed by atoms with E-state index >= 15 is 0 Å². The van der Waals surface area contributed by atoms with Crippen molar-refractivity contribution in [2.24, 2.45) is 11.8 Å². The zero-order chi connectivity index (χ0) is 20.8. The third kappa shape index (κ3) is 5.56. The van der Waals surface area contributed by atoms with Gasteiger partial charge in [-0.1, -0.05) is 25.5 Å². The van der Waals surface area contributed by atoms with Gasteiger partial charge in [0.05, 0.1) is 7.11 Å². The lowest BCUT2D eigenvalue weighted by atomic mass is 9.85. The Morgan fingerprint density at radius 2 is 2.14 bits per heavy atom. The van der Waals surface area contributed by atoms with Crippen LogP contribution in [0.15, 0.2) is 12.2 Å². The number of unbranched alkanes of at least 4 members (excludes halogenated alkanes) is 2. The van der Waals surface area contributed by atoms with Crippen LogP contribution in [0, 0.1) is 11.8 Å². The highest BCUT2D eigenvalue weighted by Gasteiger charge is 2.59. The number of carbonyl (C=O) groups is 2. The maximum atomic E-state index is 14.5. The lowest BCUT2D eigenvalue weighted by molar-refractivity contribution is -0.142. The van der Waals surface area contributed by atoms with Gasteiger partial charge in [0.15, 0.2) is 4.93 Å². The van der Waals surface area contributed by atoms with E-state index in [2.05, 4.69) is 4.74 Å². The molecule has 1 saturated carbocycles. The number of esters is 1. The van der Waals surface area contributed by atoms with Crippen LogP contribution < -0.4 is 0 Å². The predicted molar refractivity (Wildman–Crippen MR) is 106 cm³/mol. The molecule has 2 unspecified atom stereocenters. The van der Waals surface area contributed by atoms with Gasteiger partial charge in [0, 0.05) is 30.4 Å². The van der Waals surface area contributed by atoms with Gasteiger partial charge in [-0.05, 0) is 44.4 Å². The van der Waals surface area contributed by atoms with Gasteiger partial charge in [0.25, 0.3) is 5.92 Å². The molecule has 160 valence electrons. The minimum Gasteiger partial charge on any atom is -0.469 e. The molecule has 28 heavy (non-hydrogen) atoms. The van der Waals surface area contributed by atoms with Crippen LogP contribution in [-0.4, -0.2) is 40.1 Å². The Hall–Kier alpha value is -0.950. The van der Waals surface area contributed by atoms with Gasteiger partial charge in [-0.15, -0.1) is 11.8 Å². The van der Waals surface area contributed by atoms with E-state index in [0.29, 0.717) is 38.5 Å². The summed E-state index contributed by atoms with van der Waals surface area (Å²) in [6.45, 7) is 1.85. The molecule has 0 aromatic carbocycles. The van der Waals surface area contributed by atoms with Crippen molar-refractivity contribution in [3.8, 4) is 0 Å². The van der Waals surface area contributed by atoms with E-state index in [-0.39, 0.29) is 48.1 Å². The van der Waals surface area contributed by atoms with Crippen LogP contribution in [0.25, 0.3) is 0 Å². The average molecular weight is 419 g/mol. The van der Waals surface area contributed by atoms with Crippen LogP contribution in [0.2, 0.25) is 0 Å². The second-order valence-corrected chi connectivity index (χ2v) is 9.42. The van der Waals surface area contributed by atoms with E-state index < -0.39 is 10.9 Å². The van der Waals surface area contributed by atoms with Gasteiger partial charge in [0.2, 0.25) is 0 Å². The van der Waals surface area contributed by atoms with Crippen molar-refractivity contribution in [1.29, 1.82) is 0 Å². The highest BCUT2D eigenvalue weighted by molar-refractivity contribution is 8.01. The fourth-order valence-corrected chi connectivity index (χ4v) is 5.94. The summed E-state index contributed by atoms with van der Waals surface area (Å²) in [5.41, 5.74) is 0. The third-order valence-corrected chi connectivity index (χ3v) is 7.64. The molecule has 4 atom stereocenters. The lowest BCUT2D eigenvalue weighted by Crippen LogP contribution is -2.50. The first-order valence-corrected chi connectivity index (χ1v) is 11.1. The number of methoxy groups -OCH3 is 1. The first-order valence-electron chi connectivity index (χ1n) is 10.3. The summed E-state index contributed by atoms with van der Waals surface area (Å²) >= 11 is 0.932.